The molecule has 0 bridgehead atoms. The number of ether oxygens (including phenoxy) is 1. The summed E-state index contributed by atoms with van der Waals surface area (Å²) < 4.78 is 6.15. The second-order valence-corrected chi connectivity index (χ2v) is 8.65. The molecule has 2 aliphatic heterocycles. The van der Waals surface area contributed by atoms with Gasteiger partial charge in [-0.25, -0.2) is 0 Å². The van der Waals surface area contributed by atoms with Gasteiger partial charge in [0.05, 0.1) is 0 Å². The van der Waals surface area contributed by atoms with Crippen LogP contribution in [0.15, 0.2) is 35.3 Å². The van der Waals surface area contributed by atoms with Gasteiger partial charge >= 0.3 is 0 Å². The summed E-state index contributed by atoms with van der Waals surface area (Å²) in [6.45, 7) is 17.6. The molecule has 0 amide bonds. The number of piperazine rings is 1. The SMILES string of the molecule is CCNC(=NCC(C)CN1CCN(CC)CC1)N1CCC(Oc2ccccc2)CC1. The molecule has 2 saturated heterocycles. The average molecular weight is 416 g/mol. The van der Waals surface area contributed by atoms with E-state index in [0.717, 1.165) is 57.3 Å². The monoisotopic (exact) mass is 415 g/mol. The van der Waals surface area contributed by atoms with Crippen LogP contribution in [0, 0.1) is 5.92 Å². The highest BCUT2D eigenvalue weighted by atomic mass is 16.5. The second-order valence-electron chi connectivity index (χ2n) is 8.65. The van der Waals surface area contributed by atoms with Crippen LogP contribution in [0.1, 0.15) is 33.6 Å². The molecule has 1 aromatic carbocycles. The third-order valence-electron chi connectivity index (χ3n) is 6.16. The van der Waals surface area contributed by atoms with Crippen molar-refractivity contribution in [3.63, 3.8) is 0 Å². The number of rotatable bonds is 8. The third kappa shape index (κ3) is 7.17. The van der Waals surface area contributed by atoms with E-state index in [0.29, 0.717) is 12.0 Å². The first-order valence-electron chi connectivity index (χ1n) is 11.9. The van der Waals surface area contributed by atoms with Gasteiger partial charge in [-0.1, -0.05) is 32.0 Å². The number of para-hydroxylation sites is 1. The van der Waals surface area contributed by atoms with E-state index in [2.05, 4.69) is 40.8 Å². The number of nitrogens with zero attached hydrogens (tertiary/aromatic N) is 4. The maximum absolute atomic E-state index is 6.15. The van der Waals surface area contributed by atoms with Crippen LogP contribution in [0.25, 0.3) is 0 Å². The number of nitrogens with one attached hydrogen (secondary N) is 1. The Morgan fingerprint density at radius 3 is 2.33 bits per heavy atom. The van der Waals surface area contributed by atoms with Crippen molar-refractivity contribution in [3.05, 3.63) is 30.3 Å². The zero-order valence-electron chi connectivity index (χ0n) is 19.2. The number of likely N-dealkylation sites (tertiary alicyclic amines) is 1. The molecule has 30 heavy (non-hydrogen) atoms. The van der Waals surface area contributed by atoms with Gasteiger partial charge in [-0.05, 0) is 31.5 Å². The smallest absolute Gasteiger partial charge is 0.193 e. The fourth-order valence-electron chi connectivity index (χ4n) is 4.33. The van der Waals surface area contributed by atoms with Crippen LogP contribution >= 0.6 is 0 Å². The van der Waals surface area contributed by atoms with Gasteiger partial charge in [0.25, 0.3) is 0 Å². The zero-order chi connectivity index (χ0) is 21.2. The summed E-state index contributed by atoms with van der Waals surface area (Å²) in [4.78, 5) is 12.5. The van der Waals surface area contributed by atoms with Gasteiger partial charge in [-0.2, -0.15) is 0 Å². The normalized spacial score (nSPS) is 20.9. The molecule has 2 fully saturated rings. The molecule has 2 heterocycles. The molecular formula is C24H41N5O. The first kappa shape index (κ1) is 22.9. The van der Waals surface area contributed by atoms with Gasteiger partial charge in [0, 0.05) is 71.7 Å². The van der Waals surface area contributed by atoms with Crippen LogP contribution in [0.2, 0.25) is 0 Å². The van der Waals surface area contributed by atoms with E-state index in [4.69, 9.17) is 9.73 Å². The minimum atomic E-state index is 0.298. The molecular weight excluding hydrogens is 374 g/mol. The second kappa shape index (κ2) is 12.2. The van der Waals surface area contributed by atoms with Gasteiger partial charge in [0.15, 0.2) is 5.96 Å². The Kier molecular flexibility index (Phi) is 9.27. The van der Waals surface area contributed by atoms with Crippen molar-refractivity contribution in [3.8, 4) is 5.75 Å². The lowest BCUT2D eigenvalue weighted by atomic mass is 10.1. The summed E-state index contributed by atoms with van der Waals surface area (Å²) in [5, 5.41) is 3.50. The number of hydrogen-bond donors (Lipinski definition) is 1. The van der Waals surface area contributed by atoms with Crippen molar-refractivity contribution in [2.75, 3.05) is 65.4 Å². The first-order chi connectivity index (χ1) is 14.7. The molecule has 2 aliphatic rings. The Morgan fingerprint density at radius 2 is 1.70 bits per heavy atom. The van der Waals surface area contributed by atoms with Gasteiger partial charge in [0.2, 0.25) is 0 Å². The number of hydrogen-bond acceptors (Lipinski definition) is 4. The van der Waals surface area contributed by atoms with E-state index >= 15 is 0 Å². The molecule has 6 heteroatoms. The van der Waals surface area contributed by atoms with E-state index in [9.17, 15) is 0 Å². The number of guanidine groups is 1. The number of benzene rings is 1. The predicted molar refractivity (Wildman–Crippen MR) is 125 cm³/mol. The van der Waals surface area contributed by atoms with E-state index in [-0.39, 0.29) is 0 Å². The van der Waals surface area contributed by atoms with E-state index in [1.807, 2.05) is 30.3 Å². The number of piperidine rings is 1. The standard InChI is InChI=1S/C24H41N5O/c1-4-25-24(26-19-21(3)20-28-17-15-27(5-2)16-18-28)29-13-11-23(12-14-29)30-22-9-7-6-8-10-22/h6-10,21,23H,4-5,11-20H2,1-3H3,(H,25,26). The topological polar surface area (TPSA) is 43.3 Å². The van der Waals surface area contributed by atoms with E-state index < -0.39 is 0 Å². The molecule has 1 N–H and O–H groups in total. The van der Waals surface area contributed by atoms with Crippen LogP contribution in [0.5, 0.6) is 5.75 Å². The van der Waals surface area contributed by atoms with Crippen LogP contribution in [-0.2, 0) is 0 Å². The van der Waals surface area contributed by atoms with Crippen LogP contribution < -0.4 is 10.1 Å². The summed E-state index contributed by atoms with van der Waals surface area (Å²) in [5.41, 5.74) is 0. The number of likely N-dealkylation sites (N-methyl/N-ethyl adjacent to an activating group) is 1. The van der Waals surface area contributed by atoms with E-state index in [1.54, 1.807) is 0 Å². The molecule has 1 unspecified atom stereocenters. The van der Waals surface area contributed by atoms with Gasteiger partial charge < -0.3 is 24.8 Å². The zero-order valence-corrected chi connectivity index (χ0v) is 19.2. The Morgan fingerprint density at radius 1 is 1.03 bits per heavy atom. The molecule has 0 spiro atoms. The average Bonchev–Trinajstić information content (AvgIpc) is 2.78. The van der Waals surface area contributed by atoms with Crippen molar-refractivity contribution >= 4 is 5.96 Å². The Bertz CT molecular complexity index is 622. The van der Waals surface area contributed by atoms with Crippen LogP contribution in [0.3, 0.4) is 0 Å². The van der Waals surface area contributed by atoms with Crippen LogP contribution in [-0.4, -0.2) is 92.2 Å². The Hall–Kier alpha value is -1.79. The lowest BCUT2D eigenvalue weighted by molar-refractivity contribution is 0.124. The lowest BCUT2D eigenvalue weighted by Crippen LogP contribution is -2.48. The highest BCUT2D eigenvalue weighted by Gasteiger charge is 2.23. The quantitative estimate of drug-likeness (QED) is 0.522. The molecule has 1 aromatic rings. The fraction of sp³-hybridized carbons (Fsp3) is 0.708. The van der Waals surface area contributed by atoms with Crippen molar-refractivity contribution in [1.29, 1.82) is 0 Å². The lowest BCUT2D eigenvalue weighted by Gasteiger charge is -2.35. The fourth-order valence-corrected chi connectivity index (χ4v) is 4.33. The highest BCUT2D eigenvalue weighted by Crippen LogP contribution is 2.19. The Labute approximate surface area is 183 Å². The summed E-state index contributed by atoms with van der Waals surface area (Å²) in [6.07, 6.45) is 2.37. The van der Waals surface area contributed by atoms with E-state index in [1.165, 1.54) is 32.7 Å². The summed E-state index contributed by atoms with van der Waals surface area (Å²) >= 11 is 0. The molecule has 0 radical (unpaired) electrons. The van der Waals surface area contributed by atoms with Crippen LogP contribution in [0.4, 0.5) is 0 Å². The van der Waals surface area contributed by atoms with Gasteiger partial charge in [-0.3, -0.25) is 4.99 Å². The van der Waals surface area contributed by atoms with Gasteiger partial charge in [0.1, 0.15) is 11.9 Å². The minimum absolute atomic E-state index is 0.298. The first-order valence-corrected chi connectivity index (χ1v) is 11.9. The molecule has 168 valence electrons. The summed E-state index contributed by atoms with van der Waals surface area (Å²) in [7, 11) is 0. The highest BCUT2D eigenvalue weighted by molar-refractivity contribution is 5.80. The van der Waals surface area contributed by atoms with Gasteiger partial charge in [-0.15, -0.1) is 0 Å². The Balaban J connectivity index is 1.44. The molecule has 1 atom stereocenters. The summed E-state index contributed by atoms with van der Waals surface area (Å²) in [6, 6.07) is 10.2. The largest absolute Gasteiger partial charge is 0.490 e. The van der Waals surface area contributed by atoms with Crippen molar-refractivity contribution < 1.29 is 4.74 Å². The summed E-state index contributed by atoms with van der Waals surface area (Å²) in [5.74, 6) is 2.62. The minimum Gasteiger partial charge on any atom is -0.490 e. The molecule has 0 saturated carbocycles. The van der Waals surface area contributed by atoms with Crippen molar-refractivity contribution in [2.45, 2.75) is 39.7 Å². The maximum Gasteiger partial charge on any atom is 0.193 e. The molecule has 6 nitrogen and oxygen atoms in total. The van der Waals surface area contributed by atoms with Crippen molar-refractivity contribution in [1.82, 2.24) is 20.0 Å². The number of aliphatic imine (C=N–C) groups is 1. The van der Waals surface area contributed by atoms with Crippen molar-refractivity contribution in [2.24, 2.45) is 10.9 Å². The predicted octanol–water partition coefficient (Wildman–Crippen LogP) is 2.77. The third-order valence-corrected chi connectivity index (χ3v) is 6.16. The molecule has 0 aliphatic carbocycles. The maximum atomic E-state index is 6.15. The molecule has 0 aromatic heterocycles. The molecule has 3 rings (SSSR count).